The highest BCUT2D eigenvalue weighted by atomic mass is 35.5. The minimum Gasteiger partial charge on any atom is -0.495 e. The molecule has 1 aliphatic rings. The molecule has 2 atom stereocenters. The lowest BCUT2D eigenvalue weighted by Crippen LogP contribution is -2.39. The van der Waals surface area contributed by atoms with Crippen molar-refractivity contribution >= 4 is 33.2 Å². The second-order valence-electron chi connectivity index (χ2n) is 5.07. The molecule has 1 aliphatic carbocycles. The van der Waals surface area contributed by atoms with Gasteiger partial charge in [-0.1, -0.05) is 29.6 Å². The minimum absolute atomic E-state index is 0.0439. The van der Waals surface area contributed by atoms with E-state index in [0.717, 1.165) is 19.3 Å². The van der Waals surface area contributed by atoms with E-state index in [9.17, 15) is 8.42 Å². The number of ether oxygens (including phenoxy) is 1. The Balaban J connectivity index is 2.29. The second kappa shape index (κ2) is 6.71. The molecule has 2 rings (SSSR count). The van der Waals surface area contributed by atoms with Crippen molar-refractivity contribution in [1.29, 1.82) is 0 Å². The average molecular weight is 353 g/mol. The summed E-state index contributed by atoms with van der Waals surface area (Å²) in [7, 11) is -2.30. The fraction of sp³-hybridized carbons (Fsp3) is 0.538. The monoisotopic (exact) mass is 352 g/mol. The van der Waals surface area contributed by atoms with Crippen molar-refractivity contribution < 1.29 is 13.2 Å². The third-order valence-corrected chi connectivity index (χ3v) is 6.01. The first-order valence-electron chi connectivity index (χ1n) is 6.64. The van der Waals surface area contributed by atoms with Gasteiger partial charge in [-0.2, -0.15) is 0 Å². The fourth-order valence-electron chi connectivity index (χ4n) is 2.61. The maximum Gasteiger partial charge on any atom is 0.242 e. The van der Waals surface area contributed by atoms with Gasteiger partial charge in [-0.25, -0.2) is 13.1 Å². The van der Waals surface area contributed by atoms with Crippen LogP contribution in [-0.4, -0.2) is 28.1 Å². The summed E-state index contributed by atoms with van der Waals surface area (Å²) in [5.74, 6) is 0.494. The van der Waals surface area contributed by atoms with E-state index in [2.05, 4.69) is 4.72 Å². The maximum atomic E-state index is 12.5. The molecular formula is C13H18Cl2N2O3S. The van der Waals surface area contributed by atoms with Crippen molar-refractivity contribution in [3.63, 3.8) is 0 Å². The van der Waals surface area contributed by atoms with Crippen molar-refractivity contribution in [2.45, 2.75) is 30.2 Å². The molecule has 0 aromatic heterocycles. The van der Waals surface area contributed by atoms with Gasteiger partial charge in [0.05, 0.1) is 17.2 Å². The molecule has 0 amide bonds. The standard InChI is InChI=1S/C13H18Cl2N2O3S/c1-20-12-5-10(15)13(6-9(12)14)21(18,19)17-11-4-2-3-8(11)7-16/h5-6,8,11,17H,2-4,7,16H2,1H3. The molecule has 0 saturated heterocycles. The highest BCUT2D eigenvalue weighted by Gasteiger charge is 2.31. The zero-order valence-corrected chi connectivity index (χ0v) is 13.9. The van der Waals surface area contributed by atoms with Crippen LogP contribution in [-0.2, 0) is 10.0 Å². The molecule has 5 nitrogen and oxygen atoms in total. The van der Waals surface area contributed by atoms with Crippen molar-refractivity contribution in [1.82, 2.24) is 4.72 Å². The van der Waals surface area contributed by atoms with Crippen molar-refractivity contribution in [2.75, 3.05) is 13.7 Å². The third-order valence-electron chi connectivity index (χ3n) is 3.76. The highest BCUT2D eigenvalue weighted by molar-refractivity contribution is 7.89. The summed E-state index contributed by atoms with van der Waals surface area (Å²) in [5, 5.41) is 0.273. The molecule has 1 aromatic carbocycles. The Labute approximate surface area is 134 Å². The second-order valence-corrected chi connectivity index (χ2v) is 7.57. The van der Waals surface area contributed by atoms with Gasteiger partial charge in [-0.05, 0) is 31.4 Å². The Hall–Kier alpha value is -0.530. The van der Waals surface area contributed by atoms with E-state index in [4.69, 9.17) is 33.7 Å². The van der Waals surface area contributed by atoms with E-state index in [1.54, 1.807) is 0 Å². The predicted molar refractivity (Wildman–Crippen MR) is 83.5 cm³/mol. The van der Waals surface area contributed by atoms with Gasteiger partial charge in [0.25, 0.3) is 0 Å². The van der Waals surface area contributed by atoms with Gasteiger partial charge in [0.2, 0.25) is 10.0 Å². The first kappa shape index (κ1) is 16.8. The number of rotatable bonds is 5. The molecule has 1 saturated carbocycles. The number of hydrogen-bond acceptors (Lipinski definition) is 4. The summed E-state index contributed by atoms with van der Waals surface area (Å²) < 4.78 is 32.7. The van der Waals surface area contributed by atoms with Crippen LogP contribution < -0.4 is 15.2 Å². The van der Waals surface area contributed by atoms with Crippen LogP contribution >= 0.6 is 23.2 Å². The van der Waals surface area contributed by atoms with E-state index in [1.165, 1.54) is 19.2 Å². The lowest BCUT2D eigenvalue weighted by molar-refractivity contribution is 0.414. The maximum absolute atomic E-state index is 12.5. The molecule has 3 N–H and O–H groups in total. The Morgan fingerprint density at radius 1 is 1.33 bits per heavy atom. The van der Waals surface area contributed by atoms with Crippen molar-refractivity contribution in [3.8, 4) is 5.75 Å². The van der Waals surface area contributed by atoms with E-state index in [1.807, 2.05) is 0 Å². The molecule has 8 heteroatoms. The molecule has 0 aliphatic heterocycles. The number of nitrogens with two attached hydrogens (primary N) is 1. The van der Waals surface area contributed by atoms with Crippen LogP contribution in [0.3, 0.4) is 0 Å². The van der Waals surface area contributed by atoms with Crippen molar-refractivity contribution in [3.05, 3.63) is 22.2 Å². The van der Waals surface area contributed by atoms with E-state index in [-0.39, 0.29) is 26.9 Å². The van der Waals surface area contributed by atoms with Crippen molar-refractivity contribution in [2.24, 2.45) is 11.7 Å². The van der Waals surface area contributed by atoms with Gasteiger partial charge in [-0.15, -0.1) is 0 Å². The Bertz CT molecular complexity index is 622. The summed E-state index contributed by atoms with van der Waals surface area (Å²) >= 11 is 12.0. The third kappa shape index (κ3) is 3.63. The van der Waals surface area contributed by atoms with Crippen LogP contribution in [0.1, 0.15) is 19.3 Å². The number of benzene rings is 1. The van der Waals surface area contributed by atoms with E-state index in [0.29, 0.717) is 12.3 Å². The van der Waals surface area contributed by atoms with E-state index >= 15 is 0 Å². The quantitative estimate of drug-likeness (QED) is 0.852. The van der Waals surface area contributed by atoms with Crippen LogP contribution in [0.5, 0.6) is 5.75 Å². The summed E-state index contributed by atoms with van der Waals surface area (Å²) in [5.41, 5.74) is 5.68. The number of halogens is 2. The number of nitrogens with one attached hydrogen (secondary N) is 1. The fourth-order valence-corrected chi connectivity index (χ4v) is 4.80. The van der Waals surface area contributed by atoms with Crippen LogP contribution in [0.15, 0.2) is 17.0 Å². The number of hydrogen-bond donors (Lipinski definition) is 2. The zero-order valence-electron chi connectivity index (χ0n) is 11.6. The highest BCUT2D eigenvalue weighted by Crippen LogP contribution is 2.34. The van der Waals surface area contributed by atoms with Gasteiger partial charge in [0, 0.05) is 12.1 Å². The lowest BCUT2D eigenvalue weighted by Gasteiger charge is -2.20. The SMILES string of the molecule is COc1cc(Cl)c(S(=O)(=O)NC2CCCC2CN)cc1Cl. The van der Waals surface area contributed by atoms with Crippen LogP contribution in [0.2, 0.25) is 10.0 Å². The normalized spacial score (nSPS) is 22.5. The lowest BCUT2D eigenvalue weighted by atomic mass is 10.1. The van der Waals surface area contributed by atoms with Gasteiger partial charge in [0.15, 0.2) is 0 Å². The molecule has 0 radical (unpaired) electrons. The molecule has 2 unspecified atom stereocenters. The molecule has 1 fully saturated rings. The molecule has 1 aromatic rings. The summed E-state index contributed by atoms with van der Waals surface area (Å²) in [6.45, 7) is 0.463. The largest absolute Gasteiger partial charge is 0.495 e. The summed E-state index contributed by atoms with van der Waals surface area (Å²) in [4.78, 5) is -0.0439. The van der Waals surface area contributed by atoms with Gasteiger partial charge in [-0.3, -0.25) is 0 Å². The molecule has 118 valence electrons. The Morgan fingerprint density at radius 2 is 2.05 bits per heavy atom. The van der Waals surface area contributed by atoms with E-state index < -0.39 is 10.0 Å². The minimum atomic E-state index is -3.74. The van der Waals surface area contributed by atoms with Gasteiger partial charge < -0.3 is 10.5 Å². The molecular weight excluding hydrogens is 335 g/mol. The topological polar surface area (TPSA) is 81.4 Å². The Kier molecular flexibility index (Phi) is 5.38. The predicted octanol–water partition coefficient (Wildman–Crippen LogP) is 2.41. The number of methoxy groups -OCH3 is 1. The zero-order chi connectivity index (χ0) is 15.6. The average Bonchev–Trinajstić information content (AvgIpc) is 2.87. The van der Waals surface area contributed by atoms with Gasteiger partial charge in [0.1, 0.15) is 10.6 Å². The van der Waals surface area contributed by atoms with Crippen LogP contribution in [0.25, 0.3) is 0 Å². The molecule has 0 spiro atoms. The smallest absolute Gasteiger partial charge is 0.242 e. The molecule has 0 bridgehead atoms. The summed E-state index contributed by atoms with van der Waals surface area (Å²) in [6.07, 6.45) is 2.68. The first-order valence-corrected chi connectivity index (χ1v) is 8.88. The Morgan fingerprint density at radius 3 is 2.67 bits per heavy atom. The van der Waals surface area contributed by atoms with Crippen LogP contribution in [0.4, 0.5) is 0 Å². The molecule has 0 heterocycles. The summed E-state index contributed by atoms with van der Waals surface area (Å²) in [6, 6.07) is 2.54. The number of sulfonamides is 1. The van der Waals surface area contributed by atoms with Gasteiger partial charge >= 0.3 is 0 Å². The first-order chi connectivity index (χ1) is 9.89. The molecule has 21 heavy (non-hydrogen) atoms. The van der Waals surface area contributed by atoms with Crippen LogP contribution in [0, 0.1) is 5.92 Å².